The molecular formula is C11H20N2O2S. The maximum absolute atomic E-state index is 11.7. The Labute approximate surface area is 101 Å². The van der Waals surface area contributed by atoms with Crippen molar-refractivity contribution in [2.45, 2.75) is 18.1 Å². The van der Waals surface area contributed by atoms with E-state index in [4.69, 9.17) is 4.74 Å². The first-order chi connectivity index (χ1) is 7.86. The first-order valence-electron chi connectivity index (χ1n) is 6.06. The minimum Gasteiger partial charge on any atom is -0.379 e. The fourth-order valence-corrected chi connectivity index (χ4v) is 3.25. The summed E-state index contributed by atoms with van der Waals surface area (Å²) in [5.41, 5.74) is 0. The smallest absolute Gasteiger partial charge is 0.233 e. The van der Waals surface area contributed by atoms with Gasteiger partial charge < -0.3 is 10.1 Å². The van der Waals surface area contributed by atoms with Gasteiger partial charge in [0.15, 0.2) is 0 Å². The number of hydrogen-bond acceptors (Lipinski definition) is 4. The Morgan fingerprint density at radius 2 is 2.25 bits per heavy atom. The van der Waals surface area contributed by atoms with Crippen molar-refractivity contribution in [2.75, 3.05) is 45.1 Å². The molecule has 2 rings (SSSR count). The fraction of sp³-hybridized carbons (Fsp3) is 0.909. The predicted molar refractivity (Wildman–Crippen MR) is 65.7 cm³/mol. The Hall–Kier alpha value is -0.260. The lowest BCUT2D eigenvalue weighted by Gasteiger charge is -2.26. The van der Waals surface area contributed by atoms with Gasteiger partial charge in [-0.15, -0.1) is 11.8 Å². The van der Waals surface area contributed by atoms with Crippen molar-refractivity contribution in [1.82, 2.24) is 10.2 Å². The van der Waals surface area contributed by atoms with Gasteiger partial charge in [-0.1, -0.05) is 0 Å². The third kappa shape index (κ3) is 3.64. The molecule has 2 aliphatic rings. The van der Waals surface area contributed by atoms with E-state index in [0.717, 1.165) is 51.6 Å². The van der Waals surface area contributed by atoms with Crippen LogP contribution in [0.15, 0.2) is 0 Å². The van der Waals surface area contributed by atoms with Crippen molar-refractivity contribution in [2.24, 2.45) is 0 Å². The molecule has 0 aromatic rings. The molecule has 1 unspecified atom stereocenters. The SMILES string of the molecule is O=C(NCCN1CCOCC1)C1CCCS1. The number of carbonyl (C=O) groups excluding carboxylic acids is 1. The van der Waals surface area contributed by atoms with Gasteiger partial charge in [-0.25, -0.2) is 0 Å². The highest BCUT2D eigenvalue weighted by Crippen LogP contribution is 2.25. The van der Waals surface area contributed by atoms with Crippen molar-refractivity contribution in [3.8, 4) is 0 Å². The van der Waals surface area contributed by atoms with Crippen LogP contribution in [0.3, 0.4) is 0 Å². The van der Waals surface area contributed by atoms with Crippen molar-refractivity contribution in [1.29, 1.82) is 0 Å². The van der Waals surface area contributed by atoms with E-state index < -0.39 is 0 Å². The Morgan fingerprint density at radius 3 is 2.94 bits per heavy atom. The van der Waals surface area contributed by atoms with E-state index >= 15 is 0 Å². The molecule has 1 N–H and O–H groups in total. The molecule has 4 nitrogen and oxygen atoms in total. The summed E-state index contributed by atoms with van der Waals surface area (Å²) in [7, 11) is 0. The average molecular weight is 244 g/mol. The molecule has 16 heavy (non-hydrogen) atoms. The second-order valence-electron chi connectivity index (χ2n) is 4.25. The summed E-state index contributed by atoms with van der Waals surface area (Å²) in [6.07, 6.45) is 2.24. The summed E-state index contributed by atoms with van der Waals surface area (Å²) in [5, 5.41) is 3.24. The van der Waals surface area contributed by atoms with Gasteiger partial charge in [-0.3, -0.25) is 9.69 Å². The lowest BCUT2D eigenvalue weighted by Crippen LogP contribution is -2.42. The number of carbonyl (C=O) groups is 1. The molecule has 1 amide bonds. The van der Waals surface area contributed by atoms with Crippen molar-refractivity contribution in [3.05, 3.63) is 0 Å². The maximum Gasteiger partial charge on any atom is 0.233 e. The Morgan fingerprint density at radius 1 is 1.44 bits per heavy atom. The number of nitrogens with zero attached hydrogens (tertiary/aromatic N) is 1. The third-order valence-corrected chi connectivity index (χ3v) is 4.43. The second kappa shape index (κ2) is 6.47. The van der Waals surface area contributed by atoms with Gasteiger partial charge in [-0.2, -0.15) is 0 Å². The fourth-order valence-electron chi connectivity index (χ4n) is 2.06. The molecule has 0 radical (unpaired) electrons. The minimum atomic E-state index is 0.213. The van der Waals surface area contributed by atoms with Gasteiger partial charge in [0.25, 0.3) is 0 Å². The Balaban J connectivity index is 1.57. The van der Waals surface area contributed by atoms with Crippen LogP contribution in [0, 0.1) is 0 Å². The number of ether oxygens (including phenoxy) is 1. The summed E-state index contributed by atoms with van der Waals surface area (Å²) in [5.74, 6) is 1.37. The zero-order chi connectivity index (χ0) is 11.2. The molecule has 2 saturated heterocycles. The molecule has 2 heterocycles. The molecule has 0 bridgehead atoms. The summed E-state index contributed by atoms with van der Waals surface area (Å²) in [4.78, 5) is 14.1. The molecule has 0 spiro atoms. The van der Waals surface area contributed by atoms with Crippen LogP contribution in [0.25, 0.3) is 0 Å². The van der Waals surface area contributed by atoms with Crippen LogP contribution in [0.1, 0.15) is 12.8 Å². The van der Waals surface area contributed by atoms with Gasteiger partial charge in [0.1, 0.15) is 0 Å². The molecule has 0 aromatic heterocycles. The summed E-state index contributed by atoms with van der Waals surface area (Å²) >= 11 is 1.79. The molecule has 0 aliphatic carbocycles. The molecule has 0 saturated carbocycles. The number of rotatable bonds is 4. The zero-order valence-corrected chi connectivity index (χ0v) is 10.4. The first-order valence-corrected chi connectivity index (χ1v) is 7.10. The van der Waals surface area contributed by atoms with Crippen molar-refractivity contribution in [3.63, 3.8) is 0 Å². The molecule has 2 fully saturated rings. The molecule has 1 atom stereocenters. The number of thioether (sulfide) groups is 1. The highest BCUT2D eigenvalue weighted by molar-refractivity contribution is 8.00. The highest BCUT2D eigenvalue weighted by atomic mass is 32.2. The lowest BCUT2D eigenvalue weighted by atomic mass is 10.2. The van der Waals surface area contributed by atoms with Crippen molar-refractivity contribution >= 4 is 17.7 Å². The van der Waals surface area contributed by atoms with E-state index in [-0.39, 0.29) is 11.2 Å². The van der Waals surface area contributed by atoms with Crippen LogP contribution >= 0.6 is 11.8 Å². The number of nitrogens with one attached hydrogen (secondary N) is 1. The van der Waals surface area contributed by atoms with Gasteiger partial charge in [0.2, 0.25) is 5.91 Å². The topological polar surface area (TPSA) is 41.6 Å². The number of amides is 1. The van der Waals surface area contributed by atoms with E-state index in [9.17, 15) is 4.79 Å². The summed E-state index contributed by atoms with van der Waals surface area (Å²) in [6.45, 7) is 5.36. The minimum absolute atomic E-state index is 0.213. The molecule has 0 aromatic carbocycles. The van der Waals surface area contributed by atoms with Crippen molar-refractivity contribution < 1.29 is 9.53 Å². The van der Waals surface area contributed by atoms with E-state index in [1.54, 1.807) is 11.8 Å². The average Bonchev–Trinajstić information content (AvgIpc) is 2.84. The predicted octanol–water partition coefficient (Wildman–Crippen LogP) is 0.330. The van der Waals surface area contributed by atoms with Crippen LogP contribution in [0.2, 0.25) is 0 Å². The molecule has 5 heteroatoms. The molecule has 92 valence electrons. The Kier molecular flexibility index (Phi) is 4.93. The Bertz CT molecular complexity index is 226. The van der Waals surface area contributed by atoms with E-state index in [2.05, 4.69) is 10.2 Å². The second-order valence-corrected chi connectivity index (χ2v) is 5.56. The van der Waals surface area contributed by atoms with E-state index in [1.165, 1.54) is 6.42 Å². The van der Waals surface area contributed by atoms with E-state index in [1.807, 2.05) is 0 Å². The van der Waals surface area contributed by atoms with Gasteiger partial charge >= 0.3 is 0 Å². The van der Waals surface area contributed by atoms with Crippen LogP contribution in [0.5, 0.6) is 0 Å². The summed E-state index contributed by atoms with van der Waals surface area (Å²) in [6, 6.07) is 0. The molecular weight excluding hydrogens is 224 g/mol. The quantitative estimate of drug-likeness (QED) is 0.774. The monoisotopic (exact) mass is 244 g/mol. The largest absolute Gasteiger partial charge is 0.379 e. The number of hydrogen-bond donors (Lipinski definition) is 1. The van der Waals surface area contributed by atoms with Gasteiger partial charge in [0, 0.05) is 26.2 Å². The lowest BCUT2D eigenvalue weighted by molar-refractivity contribution is -0.120. The van der Waals surface area contributed by atoms with Crippen LogP contribution in [0.4, 0.5) is 0 Å². The van der Waals surface area contributed by atoms with Gasteiger partial charge in [0.05, 0.1) is 18.5 Å². The molecule has 2 aliphatic heterocycles. The maximum atomic E-state index is 11.7. The third-order valence-electron chi connectivity index (χ3n) is 3.05. The zero-order valence-electron chi connectivity index (χ0n) is 9.61. The normalized spacial score (nSPS) is 26.9. The highest BCUT2D eigenvalue weighted by Gasteiger charge is 2.22. The van der Waals surface area contributed by atoms with E-state index in [0.29, 0.717) is 0 Å². The van der Waals surface area contributed by atoms with Crippen LogP contribution in [-0.4, -0.2) is 61.2 Å². The van der Waals surface area contributed by atoms with Crippen LogP contribution < -0.4 is 5.32 Å². The first kappa shape index (κ1) is 12.2. The number of morpholine rings is 1. The van der Waals surface area contributed by atoms with Gasteiger partial charge in [-0.05, 0) is 18.6 Å². The standard InChI is InChI=1S/C11H20N2O2S/c14-11(10-2-1-9-16-10)12-3-4-13-5-7-15-8-6-13/h10H,1-9H2,(H,12,14). The van der Waals surface area contributed by atoms with Crippen LogP contribution in [-0.2, 0) is 9.53 Å². The summed E-state index contributed by atoms with van der Waals surface area (Å²) < 4.78 is 5.28.